The summed E-state index contributed by atoms with van der Waals surface area (Å²) in [6.07, 6.45) is 0. The molecule has 0 N–H and O–H groups in total. The molecule has 0 saturated carbocycles. The minimum absolute atomic E-state index is 0.0588. The monoisotopic (exact) mass is 814 g/mol. The summed E-state index contributed by atoms with van der Waals surface area (Å²) in [6.45, 7) is 13.6. The van der Waals surface area contributed by atoms with E-state index >= 15 is 0 Å². The zero-order valence-electron chi connectivity index (χ0n) is 36.8. The molecule has 8 aromatic carbocycles. The van der Waals surface area contributed by atoms with Crippen LogP contribution in [-0.4, -0.2) is 19.5 Å². The smallest absolute Gasteiger partial charge is 0.145 e. The molecule has 0 aliphatic rings. The lowest BCUT2D eigenvalue weighted by Gasteiger charge is -2.21. The minimum Gasteiger partial charge on any atom is -0.292 e. The van der Waals surface area contributed by atoms with Crippen LogP contribution in [0.4, 0.5) is 0 Å². The quantitative estimate of drug-likeness (QED) is 0.161. The first kappa shape index (κ1) is 39.7. The van der Waals surface area contributed by atoms with E-state index in [2.05, 4.69) is 222 Å². The molecule has 0 saturated heterocycles. The highest BCUT2D eigenvalue weighted by Gasteiger charge is 2.20. The average molecular weight is 815 g/mol. The van der Waals surface area contributed by atoms with Gasteiger partial charge in [-0.1, -0.05) is 199 Å². The van der Waals surface area contributed by atoms with Gasteiger partial charge in [0.2, 0.25) is 0 Å². The van der Waals surface area contributed by atoms with Gasteiger partial charge in [-0.25, -0.2) is 15.0 Å². The molecule has 0 radical (unpaired) electrons. The molecular formula is C59H50N4. The predicted octanol–water partition coefficient (Wildman–Crippen LogP) is 15.6. The van der Waals surface area contributed by atoms with Gasteiger partial charge in [0.15, 0.2) is 0 Å². The summed E-state index contributed by atoms with van der Waals surface area (Å²) >= 11 is 0. The Kier molecular flexibility index (Phi) is 9.95. The van der Waals surface area contributed by atoms with Crippen LogP contribution >= 0.6 is 0 Å². The predicted molar refractivity (Wildman–Crippen MR) is 264 cm³/mol. The van der Waals surface area contributed by atoms with Gasteiger partial charge in [-0.3, -0.25) is 4.57 Å². The van der Waals surface area contributed by atoms with Crippen molar-refractivity contribution in [3.05, 3.63) is 205 Å². The number of hydrogen-bond acceptors (Lipinski definition) is 3. The first-order chi connectivity index (χ1) is 30.5. The number of benzene rings is 8. The Balaban J connectivity index is 1.05. The molecule has 0 atom stereocenters. The van der Waals surface area contributed by atoms with Crippen molar-refractivity contribution >= 4 is 22.1 Å². The summed E-state index contributed by atoms with van der Waals surface area (Å²) < 4.78 is 2.24. The van der Waals surface area contributed by atoms with Crippen molar-refractivity contribution in [1.29, 1.82) is 0 Å². The summed E-state index contributed by atoms with van der Waals surface area (Å²) in [4.78, 5) is 16.0. The van der Waals surface area contributed by atoms with Crippen LogP contribution in [0.5, 0.6) is 0 Å². The standard InChI is InChI=1S/C59H50N4/c1-58(2,3)46-33-29-41(30-34-46)49-37-52-53(38-50(49)42-31-35-47(36-32-42)59(4,5)6)61-56(55(60-52)43-15-9-7-10-16-43)44-25-21-39(22-26-44)40-23-27-45(28-24-40)57-62-51-19-13-14-20-54(51)63(57)48-17-11-8-12-18-48/h7-38H,1-6H3. The van der Waals surface area contributed by atoms with Crippen LogP contribution in [0.15, 0.2) is 194 Å². The lowest BCUT2D eigenvalue weighted by molar-refractivity contribution is 0.590. The maximum Gasteiger partial charge on any atom is 0.145 e. The van der Waals surface area contributed by atoms with E-state index in [1.54, 1.807) is 0 Å². The van der Waals surface area contributed by atoms with E-state index in [-0.39, 0.29) is 10.8 Å². The van der Waals surface area contributed by atoms with E-state index in [0.717, 1.165) is 95.0 Å². The maximum absolute atomic E-state index is 5.47. The number of aromatic nitrogens is 4. The Morgan fingerprint density at radius 2 is 0.730 bits per heavy atom. The summed E-state index contributed by atoms with van der Waals surface area (Å²) in [5.41, 5.74) is 19.3. The molecule has 0 bridgehead atoms. The molecular weight excluding hydrogens is 765 g/mol. The highest BCUT2D eigenvalue weighted by atomic mass is 15.1. The zero-order valence-corrected chi connectivity index (χ0v) is 36.8. The van der Waals surface area contributed by atoms with Crippen molar-refractivity contribution in [2.75, 3.05) is 0 Å². The maximum atomic E-state index is 5.47. The van der Waals surface area contributed by atoms with Crippen LogP contribution in [0, 0.1) is 0 Å². The lowest BCUT2D eigenvalue weighted by Crippen LogP contribution is -2.10. The second kappa shape index (κ2) is 15.8. The number of fused-ring (bicyclic) bond motifs is 2. The summed E-state index contributed by atoms with van der Waals surface area (Å²) in [5.74, 6) is 0.920. The van der Waals surface area contributed by atoms with Crippen LogP contribution < -0.4 is 0 Å². The van der Waals surface area contributed by atoms with Crippen molar-refractivity contribution in [3.63, 3.8) is 0 Å². The molecule has 10 rings (SSSR count). The Labute approximate surface area is 370 Å². The molecule has 0 unspecified atom stereocenters. The topological polar surface area (TPSA) is 43.6 Å². The van der Waals surface area contributed by atoms with Crippen molar-refractivity contribution < 1.29 is 0 Å². The molecule has 306 valence electrons. The van der Waals surface area contributed by atoms with Crippen LogP contribution in [0.25, 0.3) is 95.0 Å². The molecule has 0 fully saturated rings. The zero-order chi connectivity index (χ0) is 43.3. The van der Waals surface area contributed by atoms with E-state index in [1.807, 2.05) is 18.2 Å². The fourth-order valence-electron chi connectivity index (χ4n) is 8.57. The van der Waals surface area contributed by atoms with Crippen molar-refractivity contribution in [1.82, 2.24) is 19.5 Å². The minimum atomic E-state index is 0.0588. The molecule has 10 aromatic rings. The summed E-state index contributed by atoms with van der Waals surface area (Å²) in [7, 11) is 0. The van der Waals surface area contributed by atoms with Crippen LogP contribution in [0.1, 0.15) is 52.7 Å². The van der Waals surface area contributed by atoms with Gasteiger partial charge >= 0.3 is 0 Å². The van der Waals surface area contributed by atoms with Crippen molar-refractivity contribution in [2.24, 2.45) is 0 Å². The van der Waals surface area contributed by atoms with E-state index < -0.39 is 0 Å². The van der Waals surface area contributed by atoms with Gasteiger partial charge in [0.25, 0.3) is 0 Å². The molecule has 4 nitrogen and oxygen atoms in total. The molecule has 0 amide bonds. The fourth-order valence-corrected chi connectivity index (χ4v) is 8.57. The number of rotatable bonds is 7. The van der Waals surface area contributed by atoms with Gasteiger partial charge in [0, 0.05) is 22.4 Å². The summed E-state index contributed by atoms with van der Waals surface area (Å²) in [6, 6.07) is 69.2. The van der Waals surface area contributed by atoms with E-state index in [4.69, 9.17) is 15.0 Å². The average Bonchev–Trinajstić information content (AvgIpc) is 3.71. The molecule has 0 aliphatic carbocycles. The largest absolute Gasteiger partial charge is 0.292 e. The number of hydrogen-bond donors (Lipinski definition) is 0. The second-order valence-electron chi connectivity index (χ2n) is 18.6. The van der Waals surface area contributed by atoms with Crippen LogP contribution in [-0.2, 0) is 10.8 Å². The molecule has 2 aromatic heterocycles. The Bertz CT molecular complexity index is 3220. The normalized spacial score (nSPS) is 12.0. The Morgan fingerprint density at radius 3 is 1.22 bits per heavy atom. The van der Waals surface area contributed by atoms with Gasteiger partial charge in [0.1, 0.15) is 5.82 Å². The highest BCUT2D eigenvalue weighted by molar-refractivity contribution is 5.96. The SMILES string of the molecule is CC(C)(C)c1ccc(-c2cc3nc(-c4ccccc4)c(-c4ccc(-c5ccc(-c6nc7ccccc7n6-c6ccccc6)cc5)cc4)nc3cc2-c2ccc(C(C)(C)C)cc2)cc1. The van der Waals surface area contributed by atoms with Gasteiger partial charge < -0.3 is 0 Å². The van der Waals surface area contributed by atoms with E-state index in [0.29, 0.717) is 0 Å². The third-order valence-electron chi connectivity index (χ3n) is 12.2. The molecule has 2 heterocycles. The van der Waals surface area contributed by atoms with E-state index in [9.17, 15) is 0 Å². The molecule has 63 heavy (non-hydrogen) atoms. The number of imidazole rings is 1. The third-order valence-corrected chi connectivity index (χ3v) is 12.2. The molecule has 4 heteroatoms. The van der Waals surface area contributed by atoms with Crippen molar-refractivity contribution in [2.45, 2.75) is 52.4 Å². The Hall–Kier alpha value is -7.43. The molecule has 0 spiro atoms. The third kappa shape index (κ3) is 7.74. The van der Waals surface area contributed by atoms with Gasteiger partial charge in [0.05, 0.1) is 33.5 Å². The lowest BCUT2D eigenvalue weighted by atomic mass is 9.84. The molecule has 0 aliphatic heterocycles. The highest BCUT2D eigenvalue weighted by Crippen LogP contribution is 2.40. The number of para-hydroxylation sites is 3. The van der Waals surface area contributed by atoms with Crippen LogP contribution in [0.2, 0.25) is 0 Å². The van der Waals surface area contributed by atoms with Crippen LogP contribution in [0.3, 0.4) is 0 Å². The van der Waals surface area contributed by atoms with Crippen molar-refractivity contribution in [3.8, 4) is 73.0 Å². The van der Waals surface area contributed by atoms with Gasteiger partial charge in [-0.05, 0) is 91.7 Å². The second-order valence-corrected chi connectivity index (χ2v) is 18.6. The fraction of sp³-hybridized carbons (Fsp3) is 0.136. The Morgan fingerprint density at radius 1 is 0.333 bits per heavy atom. The first-order valence-electron chi connectivity index (χ1n) is 21.9. The summed E-state index contributed by atoms with van der Waals surface area (Å²) in [5, 5.41) is 0. The van der Waals surface area contributed by atoms with Gasteiger partial charge in [-0.15, -0.1) is 0 Å². The van der Waals surface area contributed by atoms with Gasteiger partial charge in [-0.2, -0.15) is 0 Å². The number of nitrogens with zero attached hydrogens (tertiary/aromatic N) is 4. The first-order valence-corrected chi connectivity index (χ1v) is 21.9. The van der Waals surface area contributed by atoms with E-state index in [1.165, 1.54) is 11.1 Å².